The summed E-state index contributed by atoms with van der Waals surface area (Å²) in [5.74, 6) is 1.54. The molecule has 30 heavy (non-hydrogen) atoms. The summed E-state index contributed by atoms with van der Waals surface area (Å²) in [6.45, 7) is 5.04. The summed E-state index contributed by atoms with van der Waals surface area (Å²) in [5, 5.41) is 24.6. The van der Waals surface area contributed by atoms with E-state index in [9.17, 15) is 4.79 Å². The first-order valence-corrected chi connectivity index (χ1v) is 13.1. The fourth-order valence-electron chi connectivity index (χ4n) is 3.68. The van der Waals surface area contributed by atoms with Crippen LogP contribution < -0.4 is 5.32 Å². The van der Waals surface area contributed by atoms with E-state index in [2.05, 4.69) is 55.6 Å². The van der Waals surface area contributed by atoms with Crippen molar-refractivity contribution in [2.24, 2.45) is 0 Å². The molecule has 1 amide bonds. The average Bonchev–Trinajstić information content (AvgIpc) is 3.48. The van der Waals surface area contributed by atoms with Crippen molar-refractivity contribution >= 4 is 45.5 Å². The number of aryl methyl sites for hydroxylation is 1. The summed E-state index contributed by atoms with van der Waals surface area (Å²) in [7, 11) is 0. The second kappa shape index (κ2) is 10.0. The summed E-state index contributed by atoms with van der Waals surface area (Å²) in [5.41, 5.74) is 1.08. The van der Waals surface area contributed by atoms with E-state index in [4.69, 9.17) is 0 Å². The van der Waals surface area contributed by atoms with Crippen LogP contribution in [0.3, 0.4) is 0 Å². The standard InChI is InChI=1S/C20H26N6OS3/c1-3-9-26-17(15-10-13(2)28-11-15)22-25-20(26)29-12-16(27)21-19-24-23-18(30-19)14-7-5-4-6-8-14/h10-11,14H,3-9,12H2,1-2H3,(H,21,24,27). The highest BCUT2D eigenvalue weighted by molar-refractivity contribution is 7.99. The van der Waals surface area contributed by atoms with Crippen LogP contribution in [-0.4, -0.2) is 36.6 Å². The van der Waals surface area contributed by atoms with Gasteiger partial charge in [0.1, 0.15) is 5.01 Å². The van der Waals surface area contributed by atoms with Crippen LogP contribution in [0, 0.1) is 6.92 Å². The Morgan fingerprint density at radius 2 is 2.07 bits per heavy atom. The van der Waals surface area contributed by atoms with Gasteiger partial charge in [0.05, 0.1) is 5.75 Å². The monoisotopic (exact) mass is 462 g/mol. The molecule has 1 aliphatic carbocycles. The number of hydrogen-bond acceptors (Lipinski definition) is 8. The lowest BCUT2D eigenvalue weighted by Crippen LogP contribution is -2.14. The Kier molecular flexibility index (Phi) is 7.16. The van der Waals surface area contributed by atoms with Crippen molar-refractivity contribution in [1.29, 1.82) is 0 Å². The van der Waals surface area contributed by atoms with E-state index >= 15 is 0 Å². The van der Waals surface area contributed by atoms with Crippen molar-refractivity contribution in [3.8, 4) is 11.4 Å². The number of hydrogen-bond donors (Lipinski definition) is 1. The van der Waals surface area contributed by atoms with E-state index in [-0.39, 0.29) is 11.7 Å². The van der Waals surface area contributed by atoms with Gasteiger partial charge >= 0.3 is 0 Å². The Balaban J connectivity index is 1.37. The van der Waals surface area contributed by atoms with Crippen LogP contribution in [0.2, 0.25) is 0 Å². The molecule has 0 atom stereocenters. The molecule has 1 aliphatic rings. The Labute approximate surface area is 188 Å². The topological polar surface area (TPSA) is 85.6 Å². The molecule has 160 valence electrons. The van der Waals surface area contributed by atoms with Gasteiger partial charge in [-0.3, -0.25) is 10.1 Å². The maximum Gasteiger partial charge on any atom is 0.236 e. The fraction of sp³-hybridized carbons (Fsp3) is 0.550. The summed E-state index contributed by atoms with van der Waals surface area (Å²) in [6, 6.07) is 2.13. The van der Waals surface area contributed by atoms with Crippen LogP contribution in [0.25, 0.3) is 11.4 Å². The summed E-state index contributed by atoms with van der Waals surface area (Å²) in [6.07, 6.45) is 7.16. The molecular formula is C20H26N6OS3. The van der Waals surface area contributed by atoms with Gasteiger partial charge in [-0.2, -0.15) is 0 Å². The minimum Gasteiger partial charge on any atom is -0.302 e. The molecule has 3 heterocycles. The molecule has 0 aliphatic heterocycles. The minimum absolute atomic E-state index is 0.0923. The van der Waals surface area contributed by atoms with Crippen LogP contribution in [0.15, 0.2) is 16.6 Å². The predicted octanol–water partition coefficient (Wildman–Crippen LogP) is 5.36. The molecule has 7 nitrogen and oxygen atoms in total. The van der Waals surface area contributed by atoms with E-state index in [1.54, 1.807) is 11.3 Å². The first-order chi connectivity index (χ1) is 14.6. The van der Waals surface area contributed by atoms with Crippen molar-refractivity contribution in [2.75, 3.05) is 11.1 Å². The molecule has 3 aromatic heterocycles. The van der Waals surface area contributed by atoms with E-state index < -0.39 is 0 Å². The number of aromatic nitrogens is 5. The zero-order valence-electron chi connectivity index (χ0n) is 17.3. The number of thiophene rings is 1. The highest BCUT2D eigenvalue weighted by Crippen LogP contribution is 2.35. The Hall–Kier alpha value is -1.78. The normalized spacial score (nSPS) is 14.9. The number of anilines is 1. The van der Waals surface area contributed by atoms with Crippen LogP contribution in [-0.2, 0) is 11.3 Å². The SMILES string of the molecule is CCCn1c(SCC(=O)Nc2nnc(C3CCCCC3)s2)nnc1-c1csc(C)c1. The second-order valence-electron chi connectivity index (χ2n) is 7.52. The summed E-state index contributed by atoms with van der Waals surface area (Å²) >= 11 is 4.62. The molecule has 3 aromatic rings. The maximum absolute atomic E-state index is 12.5. The van der Waals surface area contributed by atoms with Crippen molar-refractivity contribution in [3.63, 3.8) is 0 Å². The van der Waals surface area contributed by atoms with Gasteiger partial charge in [-0.05, 0) is 32.3 Å². The highest BCUT2D eigenvalue weighted by atomic mass is 32.2. The lowest BCUT2D eigenvalue weighted by molar-refractivity contribution is -0.113. The number of amides is 1. The second-order valence-corrected chi connectivity index (χ2v) is 10.6. The smallest absolute Gasteiger partial charge is 0.236 e. The van der Waals surface area contributed by atoms with Crippen LogP contribution >= 0.6 is 34.4 Å². The molecule has 0 unspecified atom stereocenters. The highest BCUT2D eigenvalue weighted by Gasteiger charge is 2.21. The van der Waals surface area contributed by atoms with Crippen molar-refractivity contribution in [2.45, 2.75) is 70.0 Å². The third kappa shape index (κ3) is 5.09. The summed E-state index contributed by atoms with van der Waals surface area (Å²) < 4.78 is 2.10. The predicted molar refractivity (Wildman–Crippen MR) is 123 cm³/mol. The average molecular weight is 463 g/mol. The number of rotatable bonds is 8. The van der Waals surface area contributed by atoms with Gasteiger partial charge in [-0.15, -0.1) is 31.7 Å². The largest absolute Gasteiger partial charge is 0.302 e. The molecule has 0 radical (unpaired) electrons. The molecule has 0 aromatic carbocycles. The number of thioether (sulfide) groups is 1. The van der Waals surface area contributed by atoms with E-state index in [0.29, 0.717) is 11.0 Å². The van der Waals surface area contributed by atoms with Crippen LogP contribution in [0.1, 0.15) is 61.3 Å². The van der Waals surface area contributed by atoms with Gasteiger partial charge in [0.15, 0.2) is 11.0 Å². The Morgan fingerprint density at radius 1 is 1.23 bits per heavy atom. The van der Waals surface area contributed by atoms with Crippen LogP contribution in [0.4, 0.5) is 5.13 Å². The number of nitrogens with one attached hydrogen (secondary N) is 1. The zero-order chi connectivity index (χ0) is 20.9. The lowest BCUT2D eigenvalue weighted by Gasteiger charge is -2.18. The number of carbonyl (C=O) groups excluding carboxylic acids is 1. The maximum atomic E-state index is 12.5. The van der Waals surface area contributed by atoms with Gasteiger partial charge in [0.25, 0.3) is 0 Å². The zero-order valence-corrected chi connectivity index (χ0v) is 19.7. The fourth-order valence-corrected chi connectivity index (χ4v) is 6.05. The molecule has 1 N–H and O–H groups in total. The van der Waals surface area contributed by atoms with Gasteiger partial charge in [0, 0.05) is 28.3 Å². The van der Waals surface area contributed by atoms with E-state index in [0.717, 1.165) is 34.5 Å². The molecule has 1 fully saturated rings. The van der Waals surface area contributed by atoms with Gasteiger partial charge < -0.3 is 4.57 Å². The lowest BCUT2D eigenvalue weighted by atomic mass is 9.90. The van der Waals surface area contributed by atoms with Gasteiger partial charge in [-0.1, -0.05) is 49.3 Å². The van der Waals surface area contributed by atoms with Crippen molar-refractivity contribution in [3.05, 3.63) is 21.3 Å². The van der Waals surface area contributed by atoms with Crippen LogP contribution in [0.5, 0.6) is 0 Å². The quantitative estimate of drug-likeness (QED) is 0.454. The van der Waals surface area contributed by atoms with Gasteiger partial charge in [0.2, 0.25) is 11.0 Å². The molecular weight excluding hydrogens is 436 g/mol. The summed E-state index contributed by atoms with van der Waals surface area (Å²) in [4.78, 5) is 13.7. The molecule has 10 heteroatoms. The molecule has 4 rings (SSSR count). The molecule has 1 saturated carbocycles. The van der Waals surface area contributed by atoms with Gasteiger partial charge in [-0.25, -0.2) is 0 Å². The minimum atomic E-state index is -0.0923. The van der Waals surface area contributed by atoms with Crippen molar-refractivity contribution < 1.29 is 4.79 Å². The number of nitrogens with zero attached hydrogens (tertiary/aromatic N) is 5. The first-order valence-electron chi connectivity index (χ1n) is 10.4. The number of carbonyl (C=O) groups is 1. The van der Waals surface area contributed by atoms with Crippen molar-refractivity contribution in [1.82, 2.24) is 25.0 Å². The molecule has 0 bridgehead atoms. The Bertz CT molecular complexity index is 989. The third-order valence-corrected chi connectivity index (χ3v) is 7.96. The van der Waals surface area contributed by atoms with E-state index in [1.165, 1.54) is 60.1 Å². The Morgan fingerprint density at radius 3 is 2.80 bits per heavy atom. The first kappa shape index (κ1) is 21.5. The van der Waals surface area contributed by atoms with E-state index in [1.807, 2.05) is 0 Å². The molecule has 0 saturated heterocycles. The third-order valence-electron chi connectivity index (χ3n) is 5.13. The molecule has 0 spiro atoms.